The Hall–Kier alpha value is -2.99. The van der Waals surface area contributed by atoms with E-state index in [1.807, 2.05) is 18.2 Å². The number of rotatable bonds is 6. The second-order valence-corrected chi connectivity index (χ2v) is 6.43. The van der Waals surface area contributed by atoms with Crippen LogP contribution in [0.1, 0.15) is 27.9 Å². The summed E-state index contributed by atoms with van der Waals surface area (Å²) in [5.41, 5.74) is 3.07. The molecule has 2 N–H and O–H groups in total. The molecule has 0 unspecified atom stereocenters. The Kier molecular flexibility index (Phi) is 6.21. The van der Waals surface area contributed by atoms with E-state index in [0.717, 1.165) is 24.1 Å². The van der Waals surface area contributed by atoms with E-state index < -0.39 is 0 Å². The number of nitrogens with one attached hydrogen (secondary N) is 1. The molecule has 0 aromatic heterocycles. The minimum atomic E-state index is -0.357. The van der Waals surface area contributed by atoms with Gasteiger partial charge in [0.2, 0.25) is 0 Å². The number of aromatic hydroxyl groups is 1. The van der Waals surface area contributed by atoms with E-state index in [1.165, 1.54) is 20.3 Å². The average Bonchev–Trinajstić information content (AvgIpc) is 2.72. The number of phenolic OH excluding ortho intramolecular Hbond substituents is 1. The molecule has 0 saturated carbocycles. The zero-order chi connectivity index (χ0) is 20.1. The molecule has 0 amide bonds. The highest BCUT2D eigenvalue weighted by Gasteiger charge is 2.25. The summed E-state index contributed by atoms with van der Waals surface area (Å²) in [7, 11) is 8.67. The highest BCUT2D eigenvalue weighted by molar-refractivity contribution is 6.32. The number of hydrogen-bond donors (Lipinski definition) is 2. The van der Waals surface area contributed by atoms with Gasteiger partial charge < -0.3 is 19.9 Å². The number of phenols is 1. The Morgan fingerprint density at radius 3 is 2.50 bits per heavy atom. The number of hydrogen-bond acceptors (Lipinski definition) is 5. The third-order valence-electron chi connectivity index (χ3n) is 4.66. The molecule has 0 atom stereocenters. The fourth-order valence-corrected chi connectivity index (χ4v) is 3.20. The van der Waals surface area contributed by atoms with Crippen molar-refractivity contribution in [2.45, 2.75) is 6.42 Å². The van der Waals surface area contributed by atoms with Gasteiger partial charge in [0, 0.05) is 12.6 Å². The van der Waals surface area contributed by atoms with Crippen LogP contribution in [-0.2, 0) is 0 Å². The van der Waals surface area contributed by atoms with Gasteiger partial charge in [-0.25, -0.2) is 0 Å². The van der Waals surface area contributed by atoms with Crippen molar-refractivity contribution in [2.75, 3.05) is 27.3 Å². The van der Waals surface area contributed by atoms with Gasteiger partial charge in [-0.05, 0) is 30.2 Å². The second kappa shape index (κ2) is 8.80. The van der Waals surface area contributed by atoms with E-state index in [9.17, 15) is 9.90 Å². The minimum absolute atomic E-state index is 0.115. The summed E-state index contributed by atoms with van der Waals surface area (Å²) in [6.45, 7) is 1.49. The van der Waals surface area contributed by atoms with Crippen molar-refractivity contribution in [2.24, 2.45) is 0 Å². The lowest BCUT2D eigenvalue weighted by atomic mass is 9.93. The molecule has 0 aliphatic carbocycles. The van der Waals surface area contributed by atoms with Gasteiger partial charge in [-0.15, -0.1) is 0 Å². The third-order valence-corrected chi connectivity index (χ3v) is 4.66. The molecule has 6 heteroatoms. The molecule has 1 aliphatic rings. The van der Waals surface area contributed by atoms with Crippen LogP contribution in [0.2, 0.25) is 0 Å². The molecule has 2 aromatic carbocycles. The highest BCUT2D eigenvalue weighted by Crippen LogP contribution is 2.43. The molecule has 2 aromatic rings. The summed E-state index contributed by atoms with van der Waals surface area (Å²) in [6.07, 6.45) is 5.81. The molecule has 0 bridgehead atoms. The molecule has 1 heterocycles. The fourth-order valence-electron chi connectivity index (χ4n) is 3.20. The van der Waals surface area contributed by atoms with Crippen molar-refractivity contribution in [3.05, 3.63) is 59.2 Å². The predicted octanol–water partition coefficient (Wildman–Crippen LogP) is 2.48. The average molecular weight is 375 g/mol. The first kappa shape index (κ1) is 19.8. The van der Waals surface area contributed by atoms with E-state index in [-0.39, 0.29) is 22.8 Å². The third kappa shape index (κ3) is 4.12. The molecular formula is C22H22BNO4. The first-order valence-corrected chi connectivity index (χ1v) is 9.01. The van der Waals surface area contributed by atoms with Crippen molar-refractivity contribution >= 4 is 30.7 Å². The maximum absolute atomic E-state index is 12.9. The maximum atomic E-state index is 12.9. The summed E-state index contributed by atoms with van der Waals surface area (Å²) in [6, 6.07) is 8.79. The van der Waals surface area contributed by atoms with Gasteiger partial charge in [-0.3, -0.25) is 4.79 Å². The molecule has 1 aliphatic heterocycles. The summed E-state index contributed by atoms with van der Waals surface area (Å²) in [5.74, 6) is 0.252. The second-order valence-electron chi connectivity index (χ2n) is 6.43. The van der Waals surface area contributed by atoms with Crippen LogP contribution in [0.5, 0.6) is 17.2 Å². The number of ether oxygens (including phenoxy) is 2. The van der Waals surface area contributed by atoms with Crippen LogP contribution in [-0.4, -0.2) is 46.0 Å². The number of carbonyl (C=O) groups is 1. The normalized spacial score (nSPS) is 14.0. The standard InChI is InChI=1S/C22H22BNO4/c1-27-18-13-19(28-2)21(22(26)20(18)15-9-11-24-12-10-15)17(25)8-5-14-3-6-16(23)7-4-14/h3-9,13,24,26H,10-12H2,1-2H3/b8-5+. The van der Waals surface area contributed by atoms with Crippen LogP contribution in [0.3, 0.4) is 0 Å². The molecule has 142 valence electrons. The van der Waals surface area contributed by atoms with Gasteiger partial charge in [0.05, 0.1) is 19.8 Å². The minimum Gasteiger partial charge on any atom is -0.506 e. The number of ketones is 1. The number of methoxy groups -OCH3 is 2. The summed E-state index contributed by atoms with van der Waals surface area (Å²) in [4.78, 5) is 12.9. The van der Waals surface area contributed by atoms with Crippen molar-refractivity contribution < 1.29 is 19.4 Å². The van der Waals surface area contributed by atoms with Gasteiger partial charge in [0.25, 0.3) is 0 Å². The quantitative estimate of drug-likeness (QED) is 0.461. The Labute approximate surface area is 166 Å². The lowest BCUT2D eigenvalue weighted by Gasteiger charge is -2.20. The topological polar surface area (TPSA) is 67.8 Å². The molecule has 3 rings (SSSR count). The fraction of sp³-hybridized carbons (Fsp3) is 0.227. The van der Waals surface area contributed by atoms with Crippen LogP contribution < -0.4 is 20.3 Å². The van der Waals surface area contributed by atoms with Gasteiger partial charge in [-0.1, -0.05) is 41.9 Å². The number of carbonyl (C=O) groups excluding carboxylic acids is 1. The monoisotopic (exact) mass is 375 g/mol. The molecule has 0 fully saturated rings. The summed E-state index contributed by atoms with van der Waals surface area (Å²) < 4.78 is 10.8. The first-order chi connectivity index (χ1) is 13.5. The van der Waals surface area contributed by atoms with E-state index in [4.69, 9.17) is 17.3 Å². The Morgan fingerprint density at radius 2 is 1.89 bits per heavy atom. The SMILES string of the molecule is [B]c1ccc(/C=C/C(=O)c2c(OC)cc(OC)c(C3=CCNCC3)c2O)cc1. The van der Waals surface area contributed by atoms with Crippen LogP contribution in [0.4, 0.5) is 0 Å². The van der Waals surface area contributed by atoms with Crippen LogP contribution in [0.15, 0.2) is 42.5 Å². The van der Waals surface area contributed by atoms with Gasteiger partial charge in [0.15, 0.2) is 5.78 Å². The largest absolute Gasteiger partial charge is 0.506 e. The molecular weight excluding hydrogens is 353 g/mol. The van der Waals surface area contributed by atoms with Crippen molar-refractivity contribution in [1.82, 2.24) is 5.32 Å². The zero-order valence-electron chi connectivity index (χ0n) is 16.0. The zero-order valence-corrected chi connectivity index (χ0v) is 16.0. The number of benzene rings is 2. The van der Waals surface area contributed by atoms with E-state index in [1.54, 1.807) is 24.3 Å². The van der Waals surface area contributed by atoms with Gasteiger partial charge in [-0.2, -0.15) is 0 Å². The van der Waals surface area contributed by atoms with Crippen molar-refractivity contribution in [3.63, 3.8) is 0 Å². The van der Waals surface area contributed by atoms with Crippen molar-refractivity contribution in [3.8, 4) is 17.2 Å². The van der Waals surface area contributed by atoms with Crippen molar-refractivity contribution in [1.29, 1.82) is 0 Å². The maximum Gasteiger partial charge on any atom is 0.193 e. The van der Waals surface area contributed by atoms with Crippen LogP contribution >= 0.6 is 0 Å². The Morgan fingerprint density at radius 1 is 1.18 bits per heavy atom. The molecule has 0 saturated heterocycles. The summed E-state index contributed by atoms with van der Waals surface area (Å²) in [5, 5.41) is 14.2. The lowest BCUT2D eigenvalue weighted by Crippen LogP contribution is -2.20. The van der Waals surface area contributed by atoms with Crippen LogP contribution in [0, 0.1) is 0 Å². The molecule has 28 heavy (non-hydrogen) atoms. The molecule has 2 radical (unpaired) electrons. The number of allylic oxidation sites excluding steroid dienone is 1. The van der Waals surface area contributed by atoms with Gasteiger partial charge in [0.1, 0.15) is 30.7 Å². The molecule has 0 spiro atoms. The van der Waals surface area contributed by atoms with E-state index in [0.29, 0.717) is 23.3 Å². The molecule has 5 nitrogen and oxygen atoms in total. The van der Waals surface area contributed by atoms with Crippen LogP contribution in [0.25, 0.3) is 11.6 Å². The first-order valence-electron chi connectivity index (χ1n) is 9.01. The van der Waals surface area contributed by atoms with E-state index in [2.05, 4.69) is 5.32 Å². The lowest BCUT2D eigenvalue weighted by molar-refractivity contribution is 0.104. The predicted molar refractivity (Wildman–Crippen MR) is 112 cm³/mol. The van der Waals surface area contributed by atoms with E-state index >= 15 is 0 Å². The smallest absolute Gasteiger partial charge is 0.193 e. The van der Waals surface area contributed by atoms with Gasteiger partial charge >= 0.3 is 0 Å². The Bertz CT molecular complexity index is 933. The Balaban J connectivity index is 2.04. The summed E-state index contributed by atoms with van der Waals surface area (Å²) >= 11 is 0. The highest BCUT2D eigenvalue weighted by atomic mass is 16.5.